The van der Waals surface area contributed by atoms with Gasteiger partial charge in [-0.25, -0.2) is 8.42 Å². The average molecular weight is 567 g/mol. The SMILES string of the molecule is Cc1ccc(S(=O)(=O)CCC(=O)N2CCC3(CCCCc4ccccc4OCCN(CC4CC4)C3)CC2)cc1C. The molecule has 0 bridgehead atoms. The molecule has 2 aromatic carbocycles. The molecule has 2 heterocycles. The molecular formula is C33H46N2O4S. The lowest BCUT2D eigenvalue weighted by Gasteiger charge is -2.45. The summed E-state index contributed by atoms with van der Waals surface area (Å²) >= 11 is 0. The van der Waals surface area contributed by atoms with Crippen LogP contribution in [-0.2, 0) is 21.1 Å². The minimum Gasteiger partial charge on any atom is -0.492 e. The Balaban J connectivity index is 1.20. The fraction of sp³-hybridized carbons (Fsp3) is 0.606. The second-order valence-corrected chi connectivity index (χ2v) is 14.6. The van der Waals surface area contributed by atoms with E-state index in [4.69, 9.17) is 4.74 Å². The molecule has 40 heavy (non-hydrogen) atoms. The molecule has 1 saturated carbocycles. The lowest BCUT2D eigenvalue weighted by Crippen LogP contribution is -2.49. The molecule has 1 spiro atoms. The van der Waals surface area contributed by atoms with Crippen molar-refractivity contribution in [3.8, 4) is 5.75 Å². The van der Waals surface area contributed by atoms with Gasteiger partial charge in [-0.15, -0.1) is 0 Å². The lowest BCUT2D eigenvalue weighted by atomic mass is 9.73. The maximum atomic E-state index is 13.1. The first-order chi connectivity index (χ1) is 19.2. The molecule has 1 saturated heterocycles. The van der Waals surface area contributed by atoms with Crippen LogP contribution in [-0.4, -0.2) is 69.2 Å². The highest BCUT2D eigenvalue weighted by Gasteiger charge is 2.38. The molecule has 7 heteroatoms. The highest BCUT2D eigenvalue weighted by Crippen LogP contribution is 2.40. The number of rotatable bonds is 6. The molecular weight excluding hydrogens is 520 g/mol. The number of carbonyl (C=O) groups excluding carboxylic acids is 1. The minimum atomic E-state index is -3.48. The number of ether oxygens (including phenoxy) is 1. The van der Waals surface area contributed by atoms with Gasteiger partial charge in [-0.1, -0.05) is 30.7 Å². The number of carbonyl (C=O) groups is 1. The number of para-hydroxylation sites is 1. The van der Waals surface area contributed by atoms with E-state index in [-0.39, 0.29) is 23.5 Å². The van der Waals surface area contributed by atoms with E-state index in [0.29, 0.717) is 11.5 Å². The van der Waals surface area contributed by atoms with E-state index in [1.165, 1.54) is 31.2 Å². The Hall–Kier alpha value is -2.38. The smallest absolute Gasteiger partial charge is 0.223 e. The number of amides is 1. The van der Waals surface area contributed by atoms with Crippen LogP contribution in [0.4, 0.5) is 0 Å². The van der Waals surface area contributed by atoms with Crippen molar-refractivity contribution in [2.45, 2.75) is 76.5 Å². The first kappa shape index (κ1) is 29.1. The van der Waals surface area contributed by atoms with Crippen molar-refractivity contribution in [3.63, 3.8) is 0 Å². The van der Waals surface area contributed by atoms with Crippen LogP contribution in [0.15, 0.2) is 47.4 Å². The quantitative estimate of drug-likeness (QED) is 0.456. The van der Waals surface area contributed by atoms with Gasteiger partial charge in [0, 0.05) is 39.1 Å². The van der Waals surface area contributed by atoms with Crippen molar-refractivity contribution in [2.24, 2.45) is 11.3 Å². The Morgan fingerprint density at radius 3 is 2.50 bits per heavy atom. The predicted molar refractivity (Wildman–Crippen MR) is 159 cm³/mol. The highest BCUT2D eigenvalue weighted by atomic mass is 32.2. The van der Waals surface area contributed by atoms with E-state index in [1.807, 2.05) is 24.8 Å². The van der Waals surface area contributed by atoms with Gasteiger partial charge in [-0.2, -0.15) is 0 Å². The standard InChI is InChI=1S/C33H46N2O4S/c1-26-10-13-30(23-27(26)2)40(37,38)22-14-32(36)35-18-16-33(17-19-35)15-6-5-8-29-7-3-4-9-31(29)39-21-20-34(25-33)24-28-11-12-28/h3-4,7,9-10,13,23,28H,5-6,8,11-12,14-22,24-25H2,1-2H3. The lowest BCUT2D eigenvalue weighted by molar-refractivity contribution is -0.133. The first-order valence-electron chi connectivity index (χ1n) is 15.2. The fourth-order valence-electron chi connectivity index (χ4n) is 6.45. The number of hydrogen-bond donors (Lipinski definition) is 0. The number of benzene rings is 2. The maximum absolute atomic E-state index is 13.1. The van der Waals surface area contributed by atoms with E-state index < -0.39 is 9.84 Å². The third-order valence-electron chi connectivity index (χ3n) is 9.41. The summed E-state index contributed by atoms with van der Waals surface area (Å²) in [5, 5.41) is 0. The van der Waals surface area contributed by atoms with Gasteiger partial charge in [0.05, 0.1) is 10.6 Å². The molecule has 6 nitrogen and oxygen atoms in total. The molecule has 5 rings (SSSR count). The van der Waals surface area contributed by atoms with Gasteiger partial charge < -0.3 is 9.64 Å². The van der Waals surface area contributed by atoms with E-state index in [1.54, 1.807) is 12.1 Å². The van der Waals surface area contributed by atoms with Crippen molar-refractivity contribution >= 4 is 15.7 Å². The maximum Gasteiger partial charge on any atom is 0.223 e. The van der Waals surface area contributed by atoms with E-state index in [2.05, 4.69) is 29.2 Å². The highest BCUT2D eigenvalue weighted by molar-refractivity contribution is 7.91. The van der Waals surface area contributed by atoms with Crippen molar-refractivity contribution < 1.29 is 17.9 Å². The number of piperidine rings is 1. The van der Waals surface area contributed by atoms with Crippen molar-refractivity contribution in [1.82, 2.24) is 9.80 Å². The topological polar surface area (TPSA) is 66.9 Å². The number of likely N-dealkylation sites (tertiary alicyclic amines) is 1. The third-order valence-corrected chi connectivity index (χ3v) is 11.1. The molecule has 3 aliphatic rings. The van der Waals surface area contributed by atoms with Gasteiger partial charge in [-0.3, -0.25) is 9.69 Å². The number of nitrogens with zero attached hydrogens (tertiary/aromatic N) is 2. The van der Waals surface area contributed by atoms with E-state index in [9.17, 15) is 13.2 Å². The molecule has 2 aromatic rings. The molecule has 1 amide bonds. The van der Waals surface area contributed by atoms with Gasteiger partial charge >= 0.3 is 0 Å². The molecule has 0 atom stereocenters. The minimum absolute atomic E-state index is 0.0322. The second kappa shape index (κ2) is 12.6. The molecule has 0 N–H and O–H groups in total. The third kappa shape index (κ3) is 7.47. The van der Waals surface area contributed by atoms with Crippen LogP contribution in [0.2, 0.25) is 0 Å². The van der Waals surface area contributed by atoms with Gasteiger partial charge in [0.15, 0.2) is 9.84 Å². The summed E-state index contributed by atoms with van der Waals surface area (Å²) in [4.78, 5) is 18.0. The van der Waals surface area contributed by atoms with Crippen LogP contribution in [0.3, 0.4) is 0 Å². The number of hydrogen-bond acceptors (Lipinski definition) is 5. The Morgan fingerprint density at radius 1 is 0.975 bits per heavy atom. The number of sulfone groups is 1. The summed E-state index contributed by atoms with van der Waals surface area (Å²) in [6, 6.07) is 13.7. The van der Waals surface area contributed by atoms with E-state index in [0.717, 1.165) is 81.2 Å². The zero-order chi connectivity index (χ0) is 28.2. The van der Waals surface area contributed by atoms with Gasteiger partial charge in [0.25, 0.3) is 0 Å². The molecule has 2 aliphatic heterocycles. The summed E-state index contributed by atoms with van der Waals surface area (Å²) in [5.74, 6) is 1.69. The summed E-state index contributed by atoms with van der Waals surface area (Å²) < 4.78 is 32.1. The Kier molecular flexibility index (Phi) is 9.21. The molecule has 0 radical (unpaired) electrons. The van der Waals surface area contributed by atoms with Gasteiger partial charge in [0.1, 0.15) is 12.4 Å². The van der Waals surface area contributed by atoms with Crippen molar-refractivity contribution in [1.29, 1.82) is 0 Å². The van der Waals surface area contributed by atoms with Gasteiger partial charge in [-0.05, 0) is 105 Å². The van der Waals surface area contributed by atoms with Crippen LogP contribution < -0.4 is 4.74 Å². The summed E-state index contributed by atoms with van der Waals surface area (Å²) in [6.07, 6.45) is 9.23. The zero-order valence-electron chi connectivity index (χ0n) is 24.4. The molecule has 1 aliphatic carbocycles. The largest absolute Gasteiger partial charge is 0.492 e. The first-order valence-corrected chi connectivity index (χ1v) is 16.9. The number of fused-ring (bicyclic) bond motifs is 1. The second-order valence-electron chi connectivity index (χ2n) is 12.5. The molecule has 218 valence electrons. The van der Waals surface area contributed by atoms with Crippen LogP contribution >= 0.6 is 0 Å². The summed E-state index contributed by atoms with van der Waals surface area (Å²) in [7, 11) is -3.48. The van der Waals surface area contributed by atoms with E-state index >= 15 is 0 Å². The monoisotopic (exact) mass is 566 g/mol. The number of aryl methyl sites for hydroxylation is 3. The fourth-order valence-corrected chi connectivity index (χ4v) is 7.76. The van der Waals surface area contributed by atoms with Crippen LogP contribution in [0.1, 0.15) is 68.1 Å². The Labute approximate surface area is 241 Å². The Morgan fingerprint density at radius 2 is 1.75 bits per heavy atom. The zero-order valence-corrected chi connectivity index (χ0v) is 25.2. The Bertz CT molecular complexity index is 1280. The molecule has 0 aromatic heterocycles. The molecule has 0 unspecified atom stereocenters. The van der Waals surface area contributed by atoms with Crippen molar-refractivity contribution in [3.05, 3.63) is 59.2 Å². The predicted octanol–water partition coefficient (Wildman–Crippen LogP) is 5.59. The average Bonchev–Trinajstić information content (AvgIpc) is 3.76. The van der Waals surface area contributed by atoms with Gasteiger partial charge in [0.2, 0.25) is 5.91 Å². The van der Waals surface area contributed by atoms with Crippen LogP contribution in [0, 0.1) is 25.2 Å². The normalized spacial score (nSPS) is 20.7. The molecule has 2 fully saturated rings. The summed E-state index contributed by atoms with van der Waals surface area (Å²) in [6.45, 7) is 9.19. The van der Waals surface area contributed by atoms with Crippen molar-refractivity contribution in [2.75, 3.05) is 45.1 Å². The van der Waals surface area contributed by atoms with Crippen LogP contribution in [0.25, 0.3) is 0 Å². The van der Waals surface area contributed by atoms with Crippen LogP contribution in [0.5, 0.6) is 5.75 Å². The summed E-state index contributed by atoms with van der Waals surface area (Å²) in [5.41, 5.74) is 3.53.